The van der Waals surface area contributed by atoms with Crippen molar-refractivity contribution in [2.24, 2.45) is 0 Å². The third kappa shape index (κ3) is 2.16. The second-order valence-corrected chi connectivity index (χ2v) is 3.45. The zero-order valence-corrected chi connectivity index (χ0v) is 8.67. The van der Waals surface area contributed by atoms with Gasteiger partial charge in [-0.1, -0.05) is 0 Å². The lowest BCUT2D eigenvalue weighted by Gasteiger charge is -2.19. The zero-order valence-electron chi connectivity index (χ0n) is 8.67. The molecule has 0 amide bonds. The topological polar surface area (TPSA) is 78.4 Å². The quantitative estimate of drug-likeness (QED) is 0.533. The summed E-state index contributed by atoms with van der Waals surface area (Å²) in [5.41, 5.74) is 0.741. The van der Waals surface area contributed by atoms with Crippen LogP contribution in [-0.4, -0.2) is 29.0 Å². The SMILES string of the molecule is COc1ncc(C2CC(=O)OC(=O)C2)cn1. The molecular formula is C10H10N2O4. The van der Waals surface area contributed by atoms with E-state index in [0.29, 0.717) is 0 Å². The molecule has 6 heteroatoms. The lowest BCUT2D eigenvalue weighted by Crippen LogP contribution is -2.24. The van der Waals surface area contributed by atoms with Crippen LogP contribution < -0.4 is 4.74 Å². The average Bonchev–Trinajstić information content (AvgIpc) is 2.28. The molecule has 1 aromatic heterocycles. The van der Waals surface area contributed by atoms with Crippen LogP contribution in [0, 0.1) is 0 Å². The minimum absolute atomic E-state index is 0.182. The number of carbonyl (C=O) groups excluding carboxylic acids is 2. The molecule has 16 heavy (non-hydrogen) atoms. The molecule has 1 fully saturated rings. The molecule has 0 radical (unpaired) electrons. The minimum Gasteiger partial charge on any atom is -0.467 e. The fraction of sp³-hybridized carbons (Fsp3) is 0.400. The first kappa shape index (κ1) is 10.5. The van der Waals surface area contributed by atoms with Gasteiger partial charge < -0.3 is 9.47 Å². The van der Waals surface area contributed by atoms with Gasteiger partial charge >= 0.3 is 17.9 Å². The lowest BCUT2D eigenvalue weighted by molar-refractivity contribution is -0.163. The number of methoxy groups -OCH3 is 1. The van der Waals surface area contributed by atoms with E-state index in [4.69, 9.17) is 4.74 Å². The van der Waals surface area contributed by atoms with Gasteiger partial charge in [0.2, 0.25) is 0 Å². The predicted octanol–water partition coefficient (Wildman–Crippen LogP) is 0.432. The van der Waals surface area contributed by atoms with Crippen LogP contribution in [0.25, 0.3) is 0 Å². The first-order valence-electron chi connectivity index (χ1n) is 4.78. The van der Waals surface area contributed by atoms with Crippen molar-refractivity contribution in [2.45, 2.75) is 18.8 Å². The number of hydrogen-bond acceptors (Lipinski definition) is 6. The zero-order chi connectivity index (χ0) is 11.5. The summed E-state index contributed by atoms with van der Waals surface area (Å²) in [7, 11) is 1.47. The maximum atomic E-state index is 11.1. The van der Waals surface area contributed by atoms with Crippen molar-refractivity contribution in [1.82, 2.24) is 9.97 Å². The maximum absolute atomic E-state index is 11.1. The van der Waals surface area contributed by atoms with Crippen molar-refractivity contribution in [3.8, 4) is 6.01 Å². The summed E-state index contributed by atoms with van der Waals surface area (Å²) in [6, 6.07) is 0.258. The van der Waals surface area contributed by atoms with Crippen molar-refractivity contribution in [3.63, 3.8) is 0 Å². The van der Waals surface area contributed by atoms with Crippen molar-refractivity contribution in [2.75, 3.05) is 7.11 Å². The summed E-state index contributed by atoms with van der Waals surface area (Å²) < 4.78 is 9.26. The molecule has 1 aliphatic rings. The van der Waals surface area contributed by atoms with Crippen LogP contribution in [0.3, 0.4) is 0 Å². The van der Waals surface area contributed by atoms with Crippen molar-refractivity contribution in [3.05, 3.63) is 18.0 Å². The van der Waals surface area contributed by atoms with Gasteiger partial charge in [-0.3, -0.25) is 9.59 Å². The Kier molecular flexibility index (Phi) is 2.80. The Bertz CT molecular complexity index is 399. The number of nitrogens with zero attached hydrogens (tertiary/aromatic N) is 2. The molecule has 0 aromatic carbocycles. The highest BCUT2D eigenvalue weighted by molar-refractivity contribution is 5.89. The number of cyclic esters (lactones) is 2. The van der Waals surface area contributed by atoms with Crippen LogP contribution in [0.2, 0.25) is 0 Å². The predicted molar refractivity (Wildman–Crippen MR) is 51.7 cm³/mol. The fourth-order valence-corrected chi connectivity index (χ4v) is 1.56. The standard InChI is InChI=1S/C10H10N2O4/c1-15-10-11-4-7(5-12-10)6-2-8(13)16-9(14)3-6/h4-6H,2-3H2,1H3. The lowest BCUT2D eigenvalue weighted by atomic mass is 9.93. The van der Waals surface area contributed by atoms with Gasteiger partial charge in [-0.25, -0.2) is 9.97 Å². The highest BCUT2D eigenvalue weighted by atomic mass is 16.6. The molecule has 0 N–H and O–H groups in total. The van der Waals surface area contributed by atoms with Crippen LogP contribution in [-0.2, 0) is 14.3 Å². The molecule has 84 valence electrons. The summed E-state index contributed by atoms with van der Waals surface area (Å²) in [4.78, 5) is 30.0. The van der Waals surface area contributed by atoms with Crippen LogP contribution in [0.5, 0.6) is 6.01 Å². The molecule has 0 spiro atoms. The number of esters is 2. The summed E-state index contributed by atoms with van der Waals surface area (Å²) in [5.74, 6) is -1.20. The Hall–Kier alpha value is -1.98. The smallest absolute Gasteiger partial charge is 0.316 e. The maximum Gasteiger partial charge on any atom is 0.316 e. The molecule has 0 atom stereocenters. The molecule has 1 saturated heterocycles. The Balaban J connectivity index is 2.16. The molecule has 0 bridgehead atoms. The van der Waals surface area contributed by atoms with E-state index >= 15 is 0 Å². The summed E-state index contributed by atoms with van der Waals surface area (Å²) in [6.45, 7) is 0. The van der Waals surface area contributed by atoms with Gasteiger partial charge in [0.25, 0.3) is 0 Å². The van der Waals surface area contributed by atoms with Gasteiger partial charge in [-0.2, -0.15) is 0 Å². The molecular weight excluding hydrogens is 212 g/mol. The molecule has 0 aliphatic carbocycles. The third-order valence-corrected chi connectivity index (χ3v) is 2.36. The molecule has 1 aromatic rings. The van der Waals surface area contributed by atoms with Crippen LogP contribution >= 0.6 is 0 Å². The second kappa shape index (κ2) is 4.26. The fourth-order valence-electron chi connectivity index (χ4n) is 1.56. The summed E-state index contributed by atoms with van der Waals surface area (Å²) in [5, 5.41) is 0. The van der Waals surface area contributed by atoms with Crippen molar-refractivity contribution >= 4 is 11.9 Å². The van der Waals surface area contributed by atoms with E-state index in [1.165, 1.54) is 7.11 Å². The van der Waals surface area contributed by atoms with E-state index in [0.717, 1.165) is 5.56 Å². The van der Waals surface area contributed by atoms with Crippen molar-refractivity contribution < 1.29 is 19.1 Å². The van der Waals surface area contributed by atoms with E-state index in [-0.39, 0.29) is 24.8 Å². The molecule has 1 aliphatic heterocycles. The molecule has 6 nitrogen and oxygen atoms in total. The molecule has 0 saturated carbocycles. The largest absolute Gasteiger partial charge is 0.467 e. The van der Waals surface area contributed by atoms with Gasteiger partial charge in [-0.05, 0) is 5.56 Å². The number of rotatable bonds is 2. The molecule has 2 rings (SSSR count). The Labute approximate surface area is 91.6 Å². The Morgan fingerprint density at radius 1 is 1.25 bits per heavy atom. The van der Waals surface area contributed by atoms with Crippen LogP contribution in [0.4, 0.5) is 0 Å². The van der Waals surface area contributed by atoms with Crippen LogP contribution in [0.15, 0.2) is 12.4 Å². The highest BCUT2D eigenvalue weighted by Crippen LogP contribution is 2.27. The van der Waals surface area contributed by atoms with Crippen LogP contribution in [0.1, 0.15) is 24.3 Å². The first-order chi connectivity index (χ1) is 7.69. The number of carbonyl (C=O) groups is 2. The second-order valence-electron chi connectivity index (χ2n) is 3.45. The monoisotopic (exact) mass is 222 g/mol. The normalized spacial score (nSPS) is 17.1. The average molecular weight is 222 g/mol. The first-order valence-corrected chi connectivity index (χ1v) is 4.78. The van der Waals surface area contributed by atoms with E-state index in [9.17, 15) is 9.59 Å². The molecule has 0 unspecified atom stereocenters. The van der Waals surface area contributed by atoms with E-state index in [1.54, 1.807) is 12.4 Å². The number of aromatic nitrogens is 2. The van der Waals surface area contributed by atoms with Gasteiger partial charge in [0.15, 0.2) is 0 Å². The van der Waals surface area contributed by atoms with Crippen molar-refractivity contribution in [1.29, 1.82) is 0 Å². The van der Waals surface area contributed by atoms with Gasteiger partial charge in [0, 0.05) is 18.3 Å². The Morgan fingerprint density at radius 3 is 2.31 bits per heavy atom. The van der Waals surface area contributed by atoms with Gasteiger partial charge in [0.1, 0.15) is 0 Å². The summed E-state index contributed by atoms with van der Waals surface area (Å²) >= 11 is 0. The van der Waals surface area contributed by atoms with Gasteiger partial charge in [0.05, 0.1) is 20.0 Å². The third-order valence-electron chi connectivity index (χ3n) is 2.36. The minimum atomic E-state index is -0.503. The number of ether oxygens (including phenoxy) is 2. The Morgan fingerprint density at radius 2 is 1.81 bits per heavy atom. The number of hydrogen-bond donors (Lipinski definition) is 0. The van der Waals surface area contributed by atoms with E-state index in [1.807, 2.05) is 0 Å². The molecule has 2 heterocycles. The summed E-state index contributed by atoms with van der Waals surface area (Å²) in [6.07, 6.45) is 3.48. The van der Waals surface area contributed by atoms with E-state index in [2.05, 4.69) is 14.7 Å². The highest BCUT2D eigenvalue weighted by Gasteiger charge is 2.28. The van der Waals surface area contributed by atoms with Gasteiger partial charge in [-0.15, -0.1) is 0 Å². The van der Waals surface area contributed by atoms with E-state index < -0.39 is 11.9 Å².